The molecule has 1 saturated carbocycles. The van der Waals surface area contributed by atoms with E-state index >= 15 is 0 Å². The van der Waals surface area contributed by atoms with Gasteiger partial charge in [-0.15, -0.1) is 0 Å². The highest BCUT2D eigenvalue weighted by Crippen LogP contribution is 2.49. The lowest BCUT2D eigenvalue weighted by molar-refractivity contribution is -0.142. The molecule has 3 nitrogen and oxygen atoms in total. The number of hydrogen-bond acceptors (Lipinski definition) is 3. The normalized spacial score (nSPS) is 43.2. The maximum Gasteiger partial charge on any atom is 0.314 e. The molecule has 2 rings (SSSR count). The second kappa shape index (κ2) is 2.44. The third-order valence-electron chi connectivity index (χ3n) is 3.20. The Morgan fingerprint density at radius 2 is 2.38 bits per heavy atom. The summed E-state index contributed by atoms with van der Waals surface area (Å²) in [7, 11) is 0. The molecule has 0 aromatic carbocycles. The first-order chi connectivity index (χ1) is 6.09. The minimum absolute atomic E-state index is 0.229. The number of fused-ring (bicyclic) bond motifs is 2. The first-order valence-electron chi connectivity index (χ1n) is 4.44. The van der Waals surface area contributed by atoms with Gasteiger partial charge < -0.3 is 9.53 Å². The van der Waals surface area contributed by atoms with Crippen molar-refractivity contribution in [3.63, 3.8) is 0 Å². The SMILES string of the molecule is C=C1CC[C@@H]2OC(=O)[C@H]1[C@]2(C)C=O. The molecule has 3 atom stereocenters. The third kappa shape index (κ3) is 0.900. The quantitative estimate of drug-likeness (QED) is 0.344. The summed E-state index contributed by atoms with van der Waals surface area (Å²) in [6.45, 7) is 5.61. The molecule has 0 spiro atoms. The van der Waals surface area contributed by atoms with Crippen molar-refractivity contribution in [3.8, 4) is 0 Å². The van der Waals surface area contributed by atoms with Crippen LogP contribution in [-0.2, 0) is 14.3 Å². The zero-order valence-electron chi connectivity index (χ0n) is 7.58. The van der Waals surface area contributed by atoms with Crippen molar-refractivity contribution in [1.82, 2.24) is 0 Å². The lowest BCUT2D eigenvalue weighted by atomic mass is 9.67. The van der Waals surface area contributed by atoms with E-state index in [4.69, 9.17) is 4.74 Å². The lowest BCUT2D eigenvalue weighted by Gasteiger charge is -2.32. The van der Waals surface area contributed by atoms with Crippen LogP contribution in [0.5, 0.6) is 0 Å². The van der Waals surface area contributed by atoms with Gasteiger partial charge in [-0.3, -0.25) is 4.79 Å². The van der Waals surface area contributed by atoms with Crippen LogP contribution in [-0.4, -0.2) is 18.4 Å². The van der Waals surface area contributed by atoms with Gasteiger partial charge in [-0.05, 0) is 19.8 Å². The molecule has 3 heteroatoms. The van der Waals surface area contributed by atoms with Gasteiger partial charge in [0.2, 0.25) is 0 Å². The summed E-state index contributed by atoms with van der Waals surface area (Å²) in [5.41, 5.74) is 0.181. The highest BCUT2D eigenvalue weighted by molar-refractivity contribution is 5.86. The number of ether oxygens (including phenoxy) is 1. The zero-order chi connectivity index (χ0) is 9.64. The molecule has 0 aromatic heterocycles. The van der Waals surface area contributed by atoms with Crippen molar-refractivity contribution in [1.29, 1.82) is 0 Å². The van der Waals surface area contributed by atoms with Crippen LogP contribution in [0.3, 0.4) is 0 Å². The molecule has 0 radical (unpaired) electrons. The predicted octanol–water partition coefficient (Wildman–Crippen LogP) is 1.08. The van der Waals surface area contributed by atoms with Crippen molar-refractivity contribution in [2.75, 3.05) is 0 Å². The first-order valence-corrected chi connectivity index (χ1v) is 4.44. The highest BCUT2D eigenvalue weighted by Gasteiger charge is 2.57. The Morgan fingerprint density at radius 3 is 2.92 bits per heavy atom. The van der Waals surface area contributed by atoms with E-state index in [2.05, 4.69) is 6.58 Å². The van der Waals surface area contributed by atoms with Crippen molar-refractivity contribution in [3.05, 3.63) is 12.2 Å². The first kappa shape index (κ1) is 8.48. The van der Waals surface area contributed by atoms with Gasteiger partial charge in [0.05, 0.1) is 11.3 Å². The fourth-order valence-corrected chi connectivity index (χ4v) is 2.36. The number of aldehydes is 1. The van der Waals surface area contributed by atoms with Crippen LogP contribution in [0, 0.1) is 11.3 Å². The molecule has 2 bridgehead atoms. The van der Waals surface area contributed by atoms with Gasteiger partial charge in [0, 0.05) is 0 Å². The number of esters is 1. The Bertz CT molecular complexity index is 287. The fraction of sp³-hybridized carbons (Fsp3) is 0.600. The second-order valence-corrected chi connectivity index (χ2v) is 4.04. The van der Waals surface area contributed by atoms with Crippen molar-refractivity contribution in [2.45, 2.75) is 25.9 Å². The number of carbonyl (C=O) groups is 2. The summed E-state index contributed by atoms with van der Waals surface area (Å²) in [6.07, 6.45) is 2.14. The van der Waals surface area contributed by atoms with Gasteiger partial charge in [0.15, 0.2) is 0 Å². The summed E-state index contributed by atoms with van der Waals surface area (Å²) in [6, 6.07) is 0. The average Bonchev–Trinajstić information content (AvgIpc) is 2.23. The number of hydrogen-bond donors (Lipinski definition) is 0. The third-order valence-corrected chi connectivity index (χ3v) is 3.20. The lowest BCUT2D eigenvalue weighted by Crippen LogP contribution is -2.39. The van der Waals surface area contributed by atoms with E-state index in [0.717, 1.165) is 24.7 Å². The van der Waals surface area contributed by atoms with Gasteiger partial charge in [-0.2, -0.15) is 0 Å². The Kier molecular flexibility index (Phi) is 1.59. The molecule has 2 aliphatic rings. The Morgan fingerprint density at radius 1 is 1.69 bits per heavy atom. The molecule has 1 aliphatic heterocycles. The molecule has 1 aliphatic carbocycles. The Balaban J connectivity index is 2.46. The molecule has 0 N–H and O–H groups in total. The molecule has 0 unspecified atom stereocenters. The molecule has 1 heterocycles. The van der Waals surface area contributed by atoms with E-state index in [1.165, 1.54) is 0 Å². The topological polar surface area (TPSA) is 43.4 Å². The Labute approximate surface area is 76.8 Å². The molecule has 70 valence electrons. The van der Waals surface area contributed by atoms with Crippen LogP contribution in [0.25, 0.3) is 0 Å². The molecule has 0 aromatic rings. The highest BCUT2D eigenvalue weighted by atomic mass is 16.6. The predicted molar refractivity (Wildman–Crippen MR) is 45.9 cm³/mol. The van der Waals surface area contributed by atoms with Crippen molar-refractivity contribution in [2.24, 2.45) is 11.3 Å². The summed E-state index contributed by atoms with van der Waals surface area (Å²) in [5.74, 6) is -0.675. The van der Waals surface area contributed by atoms with Crippen LogP contribution in [0.15, 0.2) is 12.2 Å². The minimum Gasteiger partial charge on any atom is -0.461 e. The smallest absolute Gasteiger partial charge is 0.314 e. The van der Waals surface area contributed by atoms with Crippen LogP contribution in [0.4, 0.5) is 0 Å². The standard InChI is InChI=1S/C10H12O3/c1-6-3-4-7-10(2,5-11)8(6)9(12)13-7/h5,7-8H,1,3-4H2,2H3/t7-,8-,10+/m0/s1. The molecule has 1 saturated heterocycles. The van der Waals surface area contributed by atoms with Gasteiger partial charge in [-0.25, -0.2) is 0 Å². The molecular weight excluding hydrogens is 168 g/mol. The summed E-state index contributed by atoms with van der Waals surface area (Å²) >= 11 is 0. The van der Waals surface area contributed by atoms with E-state index in [-0.39, 0.29) is 12.1 Å². The van der Waals surface area contributed by atoms with Gasteiger partial charge in [0.1, 0.15) is 12.4 Å². The largest absolute Gasteiger partial charge is 0.461 e. The summed E-state index contributed by atoms with van der Waals surface area (Å²) in [5, 5.41) is 0. The van der Waals surface area contributed by atoms with Crippen molar-refractivity contribution >= 4 is 12.3 Å². The van der Waals surface area contributed by atoms with Gasteiger partial charge >= 0.3 is 5.97 Å². The van der Waals surface area contributed by atoms with Crippen LogP contribution in [0.1, 0.15) is 19.8 Å². The summed E-state index contributed by atoms with van der Waals surface area (Å²) < 4.78 is 5.13. The minimum atomic E-state index is -0.660. The number of rotatable bonds is 1. The van der Waals surface area contributed by atoms with E-state index in [0.29, 0.717) is 0 Å². The zero-order valence-corrected chi connectivity index (χ0v) is 7.58. The van der Waals surface area contributed by atoms with E-state index in [1.54, 1.807) is 6.92 Å². The van der Waals surface area contributed by atoms with Crippen LogP contribution >= 0.6 is 0 Å². The Hall–Kier alpha value is -1.12. The average molecular weight is 180 g/mol. The van der Waals surface area contributed by atoms with Gasteiger partial charge in [0.25, 0.3) is 0 Å². The maximum atomic E-state index is 11.4. The molecular formula is C10H12O3. The van der Waals surface area contributed by atoms with E-state index in [9.17, 15) is 9.59 Å². The van der Waals surface area contributed by atoms with Crippen LogP contribution < -0.4 is 0 Å². The molecule has 13 heavy (non-hydrogen) atoms. The number of carbonyl (C=O) groups excluding carboxylic acids is 2. The monoisotopic (exact) mass is 180 g/mol. The van der Waals surface area contributed by atoms with E-state index < -0.39 is 11.3 Å². The van der Waals surface area contributed by atoms with E-state index in [1.807, 2.05) is 0 Å². The summed E-state index contributed by atoms with van der Waals surface area (Å²) in [4.78, 5) is 22.4. The van der Waals surface area contributed by atoms with Gasteiger partial charge in [-0.1, -0.05) is 12.2 Å². The fourth-order valence-electron chi connectivity index (χ4n) is 2.36. The maximum absolute atomic E-state index is 11.4. The van der Waals surface area contributed by atoms with Crippen LogP contribution in [0.2, 0.25) is 0 Å². The molecule has 2 fully saturated rings. The van der Waals surface area contributed by atoms with Crippen molar-refractivity contribution < 1.29 is 14.3 Å². The molecule has 0 amide bonds. The second-order valence-electron chi connectivity index (χ2n) is 4.04.